The van der Waals surface area contributed by atoms with Crippen molar-refractivity contribution in [2.45, 2.75) is 6.92 Å². The lowest BCUT2D eigenvalue weighted by molar-refractivity contribution is 0.205. The van der Waals surface area contributed by atoms with Crippen molar-refractivity contribution in [3.63, 3.8) is 0 Å². The molecule has 0 aliphatic heterocycles. The van der Waals surface area contributed by atoms with E-state index < -0.39 is 11.6 Å². The Morgan fingerprint density at radius 2 is 2.12 bits per heavy atom. The van der Waals surface area contributed by atoms with Crippen LogP contribution in [0.1, 0.15) is 6.92 Å². The largest absolute Gasteiger partial charge is 0.383 e. The molecule has 0 saturated heterocycles. The van der Waals surface area contributed by atoms with Crippen LogP contribution in [0.4, 0.5) is 20.4 Å². The second kappa shape index (κ2) is 5.60. The maximum absolute atomic E-state index is 13.5. The number of methoxy groups -OCH3 is 1. The first-order chi connectivity index (χ1) is 7.60. The lowest BCUT2D eigenvalue weighted by Gasteiger charge is -2.22. The molecule has 0 fully saturated rings. The Bertz CT molecular complexity index is 360. The minimum Gasteiger partial charge on any atom is -0.383 e. The molecule has 90 valence electrons. The minimum absolute atomic E-state index is 0.0541. The molecule has 0 amide bonds. The van der Waals surface area contributed by atoms with Crippen LogP contribution in [0.3, 0.4) is 0 Å². The summed E-state index contributed by atoms with van der Waals surface area (Å²) in [6, 6.07) is 0.743. The summed E-state index contributed by atoms with van der Waals surface area (Å²) in [5.41, 5.74) is 5.30. The van der Waals surface area contributed by atoms with Gasteiger partial charge in [-0.25, -0.2) is 13.8 Å². The van der Waals surface area contributed by atoms with Gasteiger partial charge in [0.05, 0.1) is 6.61 Å². The Balaban J connectivity index is 2.95. The molecule has 0 aromatic carbocycles. The molecule has 0 spiro atoms. The monoisotopic (exact) mass is 231 g/mol. The van der Waals surface area contributed by atoms with E-state index in [9.17, 15) is 8.78 Å². The number of nitrogens with zero attached hydrogens (tertiary/aromatic N) is 2. The van der Waals surface area contributed by atoms with Crippen molar-refractivity contribution in [2.75, 3.05) is 37.4 Å². The number of nitrogen functional groups attached to an aromatic ring is 1. The van der Waals surface area contributed by atoms with Gasteiger partial charge in [0, 0.05) is 26.3 Å². The van der Waals surface area contributed by atoms with E-state index >= 15 is 0 Å². The Morgan fingerprint density at radius 3 is 2.69 bits per heavy atom. The van der Waals surface area contributed by atoms with Crippen molar-refractivity contribution in [2.24, 2.45) is 0 Å². The smallest absolute Gasteiger partial charge is 0.168 e. The van der Waals surface area contributed by atoms with Gasteiger partial charge < -0.3 is 15.4 Å². The first-order valence-corrected chi connectivity index (χ1v) is 4.95. The van der Waals surface area contributed by atoms with Gasteiger partial charge in [0.2, 0.25) is 0 Å². The van der Waals surface area contributed by atoms with Crippen LogP contribution in [0.2, 0.25) is 0 Å². The van der Waals surface area contributed by atoms with Crippen molar-refractivity contribution in [3.05, 3.63) is 17.7 Å². The van der Waals surface area contributed by atoms with Crippen LogP contribution in [0.5, 0.6) is 0 Å². The molecule has 0 radical (unpaired) electrons. The number of halogens is 2. The summed E-state index contributed by atoms with van der Waals surface area (Å²) in [4.78, 5) is 5.33. The zero-order valence-electron chi connectivity index (χ0n) is 9.33. The molecule has 0 bridgehead atoms. The van der Waals surface area contributed by atoms with E-state index in [1.807, 2.05) is 6.92 Å². The minimum atomic E-state index is -0.843. The summed E-state index contributed by atoms with van der Waals surface area (Å²) < 4.78 is 31.3. The summed E-state index contributed by atoms with van der Waals surface area (Å²) in [6.07, 6.45) is 0. The Labute approximate surface area is 93.0 Å². The highest BCUT2D eigenvalue weighted by molar-refractivity contribution is 5.47. The summed E-state index contributed by atoms with van der Waals surface area (Å²) in [6.45, 7) is 3.29. The third-order valence-corrected chi connectivity index (χ3v) is 2.18. The summed E-state index contributed by atoms with van der Waals surface area (Å²) in [5.74, 6) is -1.81. The summed E-state index contributed by atoms with van der Waals surface area (Å²) in [7, 11) is 1.55. The third kappa shape index (κ3) is 2.79. The molecule has 0 saturated carbocycles. The lowest BCUT2D eigenvalue weighted by Crippen LogP contribution is -2.29. The molecule has 1 rings (SSSR count). The first-order valence-electron chi connectivity index (χ1n) is 4.95. The zero-order chi connectivity index (χ0) is 12.1. The molecule has 1 aromatic heterocycles. The van der Waals surface area contributed by atoms with Gasteiger partial charge in [-0.05, 0) is 6.92 Å². The highest BCUT2D eigenvalue weighted by Gasteiger charge is 2.14. The van der Waals surface area contributed by atoms with Gasteiger partial charge in [-0.15, -0.1) is 0 Å². The predicted molar refractivity (Wildman–Crippen MR) is 58.3 cm³/mol. The number of aromatic nitrogens is 1. The van der Waals surface area contributed by atoms with Crippen LogP contribution < -0.4 is 10.6 Å². The molecular weight excluding hydrogens is 216 g/mol. The molecule has 6 heteroatoms. The van der Waals surface area contributed by atoms with E-state index in [2.05, 4.69) is 4.98 Å². The van der Waals surface area contributed by atoms with Crippen molar-refractivity contribution < 1.29 is 13.5 Å². The molecule has 4 nitrogen and oxygen atoms in total. The van der Waals surface area contributed by atoms with Crippen LogP contribution in [0, 0.1) is 11.6 Å². The molecule has 1 aromatic rings. The quantitative estimate of drug-likeness (QED) is 0.832. The van der Waals surface area contributed by atoms with Crippen LogP contribution >= 0.6 is 0 Å². The number of anilines is 2. The highest BCUT2D eigenvalue weighted by Crippen LogP contribution is 2.20. The molecule has 2 N–H and O–H groups in total. The van der Waals surface area contributed by atoms with Crippen LogP contribution in [0.25, 0.3) is 0 Å². The van der Waals surface area contributed by atoms with Crippen LogP contribution in [0.15, 0.2) is 6.07 Å². The van der Waals surface area contributed by atoms with Gasteiger partial charge in [-0.3, -0.25) is 0 Å². The SMILES string of the molecule is CCN(CCOC)c1nc(N)c(F)cc1F. The normalized spacial score (nSPS) is 10.5. The molecule has 1 heterocycles. The average molecular weight is 231 g/mol. The Hall–Kier alpha value is -1.43. The van der Waals surface area contributed by atoms with E-state index in [0.717, 1.165) is 6.07 Å². The fourth-order valence-corrected chi connectivity index (χ4v) is 1.31. The number of hydrogen-bond donors (Lipinski definition) is 1. The summed E-state index contributed by atoms with van der Waals surface area (Å²) >= 11 is 0. The maximum atomic E-state index is 13.5. The predicted octanol–water partition coefficient (Wildman–Crippen LogP) is 1.41. The zero-order valence-corrected chi connectivity index (χ0v) is 9.33. The molecule has 0 aliphatic rings. The van der Waals surface area contributed by atoms with Gasteiger partial charge in [0.15, 0.2) is 23.3 Å². The highest BCUT2D eigenvalue weighted by atomic mass is 19.1. The standard InChI is InChI=1S/C10H15F2N3O/c1-3-15(4-5-16-2)10-8(12)6-7(11)9(13)14-10/h6H,3-5H2,1-2H3,(H2,13,14). The number of likely N-dealkylation sites (N-methyl/N-ethyl adjacent to an activating group) is 1. The topological polar surface area (TPSA) is 51.4 Å². The number of nitrogens with two attached hydrogens (primary N) is 1. The number of ether oxygens (including phenoxy) is 1. The lowest BCUT2D eigenvalue weighted by atomic mass is 10.3. The molecule has 0 atom stereocenters. The fraction of sp³-hybridized carbons (Fsp3) is 0.500. The Kier molecular flexibility index (Phi) is 4.42. The molecule has 0 aliphatic carbocycles. The van der Waals surface area contributed by atoms with Gasteiger partial charge in [0.1, 0.15) is 0 Å². The van der Waals surface area contributed by atoms with Crippen molar-refractivity contribution in [1.29, 1.82) is 0 Å². The van der Waals surface area contributed by atoms with Gasteiger partial charge in [-0.2, -0.15) is 0 Å². The maximum Gasteiger partial charge on any atom is 0.168 e. The second-order valence-electron chi connectivity index (χ2n) is 3.23. The molecular formula is C10H15F2N3O. The average Bonchev–Trinajstić information content (AvgIpc) is 2.26. The van der Waals surface area contributed by atoms with Crippen molar-refractivity contribution in [3.8, 4) is 0 Å². The van der Waals surface area contributed by atoms with Gasteiger partial charge in [-0.1, -0.05) is 0 Å². The number of pyridine rings is 1. The van der Waals surface area contributed by atoms with Gasteiger partial charge in [0.25, 0.3) is 0 Å². The Morgan fingerprint density at radius 1 is 1.44 bits per heavy atom. The van der Waals surface area contributed by atoms with E-state index in [0.29, 0.717) is 19.7 Å². The van der Waals surface area contributed by atoms with E-state index in [-0.39, 0.29) is 11.6 Å². The summed E-state index contributed by atoms with van der Waals surface area (Å²) in [5, 5.41) is 0. The van der Waals surface area contributed by atoms with Crippen molar-refractivity contribution in [1.82, 2.24) is 4.98 Å². The van der Waals surface area contributed by atoms with E-state index in [1.54, 1.807) is 12.0 Å². The second-order valence-corrected chi connectivity index (χ2v) is 3.23. The van der Waals surface area contributed by atoms with E-state index in [1.165, 1.54) is 0 Å². The van der Waals surface area contributed by atoms with Gasteiger partial charge >= 0.3 is 0 Å². The molecule has 0 unspecified atom stereocenters. The van der Waals surface area contributed by atoms with Crippen LogP contribution in [-0.4, -0.2) is 31.8 Å². The fourth-order valence-electron chi connectivity index (χ4n) is 1.31. The van der Waals surface area contributed by atoms with Crippen molar-refractivity contribution >= 4 is 11.6 Å². The molecule has 16 heavy (non-hydrogen) atoms. The number of rotatable bonds is 5. The number of hydrogen-bond acceptors (Lipinski definition) is 4. The third-order valence-electron chi connectivity index (χ3n) is 2.18. The van der Waals surface area contributed by atoms with Crippen LogP contribution in [-0.2, 0) is 4.74 Å². The first kappa shape index (κ1) is 12.6. The van der Waals surface area contributed by atoms with E-state index in [4.69, 9.17) is 10.5 Å².